The van der Waals surface area contributed by atoms with E-state index in [1.165, 1.54) is 0 Å². The van der Waals surface area contributed by atoms with E-state index in [0.29, 0.717) is 6.42 Å². The van der Waals surface area contributed by atoms with Gasteiger partial charge >= 0.3 is 11.9 Å². The number of ether oxygens (including phenoxy) is 2. The molecule has 1 fully saturated rings. The molecule has 132 valence electrons. The highest BCUT2D eigenvalue weighted by atomic mass is 32.1. The Morgan fingerprint density at radius 2 is 2.00 bits per heavy atom. The number of rotatable bonds is 10. The van der Waals surface area contributed by atoms with Gasteiger partial charge in [-0.3, -0.25) is 9.59 Å². The van der Waals surface area contributed by atoms with Crippen LogP contribution in [0.2, 0.25) is 0 Å². The van der Waals surface area contributed by atoms with Crippen molar-refractivity contribution in [3.8, 4) is 0 Å². The van der Waals surface area contributed by atoms with Crippen LogP contribution in [0.15, 0.2) is 0 Å². The maximum Gasteiger partial charge on any atom is 0.379 e. The molecule has 0 aromatic heterocycles. The first-order valence-electron chi connectivity index (χ1n) is 7.42. The molecule has 0 amide bonds. The average Bonchev–Trinajstić information content (AvgIpc) is 2.79. The summed E-state index contributed by atoms with van der Waals surface area (Å²) in [4.78, 5) is 34.6. The van der Waals surface area contributed by atoms with E-state index in [1.54, 1.807) is 0 Å². The first-order valence-corrected chi connectivity index (χ1v) is 8.57. The van der Waals surface area contributed by atoms with E-state index in [0.717, 1.165) is 25.0 Å². The van der Waals surface area contributed by atoms with Crippen molar-refractivity contribution >= 4 is 43.0 Å². The number of aliphatic hydroxyl groups excluding tert-OH is 2. The first kappa shape index (κ1) is 20.3. The van der Waals surface area contributed by atoms with Gasteiger partial charge in [0.1, 0.15) is 6.10 Å². The Hall–Kier alpha value is -0.770. The van der Waals surface area contributed by atoms with E-state index < -0.39 is 42.6 Å². The molecule has 1 aliphatic heterocycles. The third-order valence-corrected chi connectivity index (χ3v) is 4.23. The van der Waals surface area contributed by atoms with Crippen LogP contribution < -0.4 is 0 Å². The van der Waals surface area contributed by atoms with Crippen LogP contribution in [0.1, 0.15) is 32.1 Å². The van der Waals surface area contributed by atoms with E-state index in [-0.39, 0.29) is 11.7 Å². The molecule has 0 aromatic rings. The van der Waals surface area contributed by atoms with Crippen molar-refractivity contribution in [1.82, 2.24) is 0 Å². The SMILES string of the molecule is O=C(CCCCC(S)CCS)OC1C(=O)C(=O)O[C@@H]1[C@@H](O)CO. The van der Waals surface area contributed by atoms with Crippen molar-refractivity contribution in [1.29, 1.82) is 0 Å². The van der Waals surface area contributed by atoms with E-state index >= 15 is 0 Å². The zero-order valence-corrected chi connectivity index (χ0v) is 14.4. The van der Waals surface area contributed by atoms with Crippen LogP contribution >= 0.6 is 25.3 Å². The Bertz CT molecular complexity index is 429. The standard InChI is InChI=1S/C14H22O7S2/c15-7-9(16)12-13(11(18)14(19)21-12)20-10(17)4-2-1-3-8(23)5-6-22/h8-9,12-13,15-16,22-23H,1-7H2/t8?,9-,12+,13?/m0/s1. The molecular weight excluding hydrogens is 344 g/mol. The lowest BCUT2D eigenvalue weighted by atomic mass is 10.1. The fraction of sp³-hybridized carbons (Fsp3) is 0.786. The Morgan fingerprint density at radius 1 is 1.30 bits per heavy atom. The largest absolute Gasteiger partial charge is 0.450 e. The first-order chi connectivity index (χ1) is 10.9. The van der Waals surface area contributed by atoms with Crippen molar-refractivity contribution in [2.45, 2.75) is 55.7 Å². The van der Waals surface area contributed by atoms with E-state index in [4.69, 9.17) is 9.84 Å². The van der Waals surface area contributed by atoms with Crippen molar-refractivity contribution < 1.29 is 34.1 Å². The number of cyclic esters (lactones) is 1. The molecule has 2 N–H and O–H groups in total. The predicted octanol–water partition coefficient (Wildman–Crippen LogP) is -0.0754. The van der Waals surface area contributed by atoms with E-state index in [9.17, 15) is 19.5 Å². The lowest BCUT2D eigenvalue weighted by Crippen LogP contribution is -2.41. The number of ketones is 1. The zero-order chi connectivity index (χ0) is 17.4. The Morgan fingerprint density at radius 3 is 2.61 bits per heavy atom. The molecular formula is C14H22O7S2. The third-order valence-electron chi connectivity index (χ3n) is 3.46. The minimum absolute atomic E-state index is 0.0846. The van der Waals surface area contributed by atoms with Gasteiger partial charge in [-0.2, -0.15) is 25.3 Å². The number of carbonyl (C=O) groups is 3. The molecule has 0 bridgehead atoms. The van der Waals surface area contributed by atoms with Crippen LogP contribution in [0.4, 0.5) is 0 Å². The highest BCUT2D eigenvalue weighted by Crippen LogP contribution is 2.20. The average molecular weight is 366 g/mol. The van der Waals surface area contributed by atoms with Crippen molar-refractivity contribution in [2.75, 3.05) is 12.4 Å². The van der Waals surface area contributed by atoms with Gasteiger partial charge in [-0.25, -0.2) is 4.79 Å². The van der Waals surface area contributed by atoms with Crippen LogP contribution in [0, 0.1) is 0 Å². The molecule has 7 nitrogen and oxygen atoms in total. The van der Waals surface area contributed by atoms with Gasteiger partial charge in [0, 0.05) is 11.7 Å². The number of esters is 2. The second-order valence-electron chi connectivity index (χ2n) is 5.31. The van der Waals surface area contributed by atoms with Crippen molar-refractivity contribution in [3.63, 3.8) is 0 Å². The Labute approximate surface area is 145 Å². The lowest BCUT2D eigenvalue weighted by Gasteiger charge is -2.20. The second kappa shape index (κ2) is 10.2. The number of unbranched alkanes of at least 4 members (excludes halogenated alkanes) is 1. The van der Waals surface area contributed by atoms with Gasteiger partial charge in [-0.1, -0.05) is 6.42 Å². The lowest BCUT2D eigenvalue weighted by molar-refractivity contribution is -0.160. The number of hydrogen-bond acceptors (Lipinski definition) is 9. The predicted molar refractivity (Wildman–Crippen MR) is 87.6 cm³/mol. The van der Waals surface area contributed by atoms with Gasteiger partial charge in [0.05, 0.1) is 6.61 Å². The minimum Gasteiger partial charge on any atom is -0.450 e. The Kier molecular flexibility index (Phi) is 8.96. The summed E-state index contributed by atoms with van der Waals surface area (Å²) in [5.41, 5.74) is 0. The van der Waals surface area contributed by atoms with Gasteiger partial charge in [0.25, 0.3) is 5.78 Å². The fourth-order valence-corrected chi connectivity index (χ4v) is 2.98. The summed E-state index contributed by atoms with van der Waals surface area (Å²) < 4.78 is 9.58. The van der Waals surface area contributed by atoms with Crippen LogP contribution in [-0.4, -0.2) is 63.9 Å². The molecule has 4 atom stereocenters. The smallest absolute Gasteiger partial charge is 0.379 e. The second-order valence-corrected chi connectivity index (χ2v) is 6.48. The summed E-state index contributed by atoms with van der Waals surface area (Å²) in [6, 6.07) is 0. The maximum atomic E-state index is 11.8. The highest BCUT2D eigenvalue weighted by molar-refractivity contribution is 7.81. The van der Waals surface area contributed by atoms with Crippen LogP contribution in [0.25, 0.3) is 0 Å². The monoisotopic (exact) mass is 366 g/mol. The molecule has 1 saturated heterocycles. The summed E-state index contributed by atoms with van der Waals surface area (Å²) in [5, 5.41) is 18.6. The number of carbonyl (C=O) groups excluding carboxylic acids is 3. The number of thiol groups is 2. The van der Waals surface area contributed by atoms with Crippen LogP contribution in [0.5, 0.6) is 0 Å². The highest BCUT2D eigenvalue weighted by Gasteiger charge is 2.49. The van der Waals surface area contributed by atoms with Gasteiger partial charge in [0.15, 0.2) is 6.10 Å². The summed E-state index contributed by atoms with van der Waals surface area (Å²) in [5.74, 6) is -2.10. The summed E-state index contributed by atoms with van der Waals surface area (Å²) in [7, 11) is 0. The van der Waals surface area contributed by atoms with Gasteiger partial charge in [0.2, 0.25) is 6.10 Å². The van der Waals surface area contributed by atoms with Gasteiger partial charge < -0.3 is 19.7 Å². The molecule has 2 unspecified atom stereocenters. The maximum absolute atomic E-state index is 11.8. The molecule has 1 heterocycles. The zero-order valence-electron chi connectivity index (χ0n) is 12.6. The quantitative estimate of drug-likeness (QED) is 0.185. The third kappa shape index (κ3) is 6.33. The summed E-state index contributed by atoms with van der Waals surface area (Å²) >= 11 is 8.50. The number of hydrogen-bond donors (Lipinski definition) is 4. The van der Waals surface area contributed by atoms with Crippen molar-refractivity contribution in [2.24, 2.45) is 0 Å². The van der Waals surface area contributed by atoms with Gasteiger partial charge in [-0.15, -0.1) is 0 Å². The molecule has 0 aromatic carbocycles. The molecule has 0 aliphatic carbocycles. The molecule has 1 aliphatic rings. The van der Waals surface area contributed by atoms with Crippen LogP contribution in [0.3, 0.4) is 0 Å². The minimum atomic E-state index is -1.50. The van der Waals surface area contributed by atoms with E-state index in [2.05, 4.69) is 30.0 Å². The summed E-state index contributed by atoms with van der Waals surface area (Å²) in [6.45, 7) is -0.715. The van der Waals surface area contributed by atoms with Crippen molar-refractivity contribution in [3.05, 3.63) is 0 Å². The summed E-state index contributed by atoms with van der Waals surface area (Å²) in [6.07, 6.45) is -1.20. The fourth-order valence-electron chi connectivity index (χ4n) is 2.16. The Balaban J connectivity index is 2.39. The molecule has 0 spiro atoms. The molecule has 0 radical (unpaired) electrons. The number of aliphatic hydroxyl groups is 2. The molecule has 1 rings (SSSR count). The molecule has 0 saturated carbocycles. The molecule has 9 heteroatoms. The van der Waals surface area contributed by atoms with Crippen LogP contribution in [-0.2, 0) is 23.9 Å². The normalized spacial score (nSPS) is 23.5. The molecule has 23 heavy (non-hydrogen) atoms. The van der Waals surface area contributed by atoms with Gasteiger partial charge in [-0.05, 0) is 25.0 Å². The topological polar surface area (TPSA) is 110 Å². The van der Waals surface area contributed by atoms with E-state index in [1.807, 2.05) is 0 Å². The number of Topliss-reactive ketones (excluding diaryl/α,β-unsaturated/α-hetero) is 1.